The van der Waals surface area contributed by atoms with E-state index in [1.165, 1.54) is 6.92 Å². The van der Waals surface area contributed by atoms with Crippen LogP contribution in [-0.2, 0) is 6.42 Å². The van der Waals surface area contributed by atoms with E-state index in [1.807, 2.05) is 31.2 Å². The number of benzene rings is 2. The van der Waals surface area contributed by atoms with Crippen molar-refractivity contribution in [3.63, 3.8) is 0 Å². The van der Waals surface area contributed by atoms with Crippen molar-refractivity contribution < 1.29 is 13.9 Å². The van der Waals surface area contributed by atoms with E-state index in [-0.39, 0.29) is 17.5 Å². The highest BCUT2D eigenvalue weighted by Gasteiger charge is 2.16. The van der Waals surface area contributed by atoms with Gasteiger partial charge in [-0.2, -0.15) is 0 Å². The Bertz CT molecular complexity index is 593. The fraction of sp³-hybridized carbons (Fsp3) is 0.250. The highest BCUT2D eigenvalue weighted by atomic mass is 19.1. The average Bonchev–Trinajstić information content (AvgIpc) is 2.36. The lowest BCUT2D eigenvalue weighted by atomic mass is 9.97. The molecule has 0 amide bonds. The molecule has 0 aromatic heterocycles. The monoisotopic (exact) mass is 262 g/mol. The summed E-state index contributed by atoms with van der Waals surface area (Å²) in [4.78, 5) is 0. The molecule has 3 heteroatoms. The molecule has 2 aromatic carbocycles. The second-order valence-electron chi connectivity index (χ2n) is 4.77. The SMILES string of the molecule is Cc1cc(F)c(C(O)Cc2ccccc2C)cc1F. The molecule has 0 saturated carbocycles. The van der Waals surface area contributed by atoms with Crippen LogP contribution in [0.15, 0.2) is 36.4 Å². The molecule has 1 atom stereocenters. The third-order valence-corrected chi connectivity index (χ3v) is 3.31. The minimum atomic E-state index is -1.05. The maximum Gasteiger partial charge on any atom is 0.129 e. The van der Waals surface area contributed by atoms with Crippen LogP contribution in [0.4, 0.5) is 8.78 Å². The van der Waals surface area contributed by atoms with Gasteiger partial charge in [-0.15, -0.1) is 0 Å². The van der Waals surface area contributed by atoms with Gasteiger partial charge in [-0.25, -0.2) is 8.78 Å². The topological polar surface area (TPSA) is 20.2 Å². The number of hydrogen-bond acceptors (Lipinski definition) is 1. The summed E-state index contributed by atoms with van der Waals surface area (Å²) in [5, 5.41) is 10.1. The molecule has 1 N–H and O–H groups in total. The number of hydrogen-bond donors (Lipinski definition) is 1. The van der Waals surface area contributed by atoms with E-state index in [1.54, 1.807) is 0 Å². The van der Waals surface area contributed by atoms with E-state index in [0.29, 0.717) is 0 Å². The Balaban J connectivity index is 2.28. The largest absolute Gasteiger partial charge is 0.388 e. The van der Waals surface area contributed by atoms with E-state index in [9.17, 15) is 13.9 Å². The summed E-state index contributed by atoms with van der Waals surface area (Å²) in [6.07, 6.45) is -0.775. The molecule has 0 radical (unpaired) electrons. The third kappa shape index (κ3) is 2.99. The minimum Gasteiger partial charge on any atom is -0.388 e. The van der Waals surface area contributed by atoms with Crippen molar-refractivity contribution >= 4 is 0 Å². The summed E-state index contributed by atoms with van der Waals surface area (Å²) in [6, 6.07) is 9.76. The van der Waals surface area contributed by atoms with Gasteiger partial charge in [-0.3, -0.25) is 0 Å². The van der Waals surface area contributed by atoms with Crippen molar-refractivity contribution in [1.82, 2.24) is 0 Å². The van der Waals surface area contributed by atoms with Crippen LogP contribution in [0.2, 0.25) is 0 Å². The molecule has 0 aliphatic heterocycles. The zero-order valence-electron chi connectivity index (χ0n) is 11.0. The van der Waals surface area contributed by atoms with Crippen molar-refractivity contribution in [1.29, 1.82) is 0 Å². The predicted octanol–water partition coefficient (Wildman–Crippen LogP) is 3.86. The van der Waals surface area contributed by atoms with Gasteiger partial charge in [-0.05, 0) is 42.7 Å². The number of aliphatic hydroxyl groups is 1. The average molecular weight is 262 g/mol. The van der Waals surface area contributed by atoms with Gasteiger partial charge in [0.25, 0.3) is 0 Å². The second-order valence-corrected chi connectivity index (χ2v) is 4.77. The van der Waals surface area contributed by atoms with Crippen LogP contribution in [0.25, 0.3) is 0 Å². The first-order valence-corrected chi connectivity index (χ1v) is 6.17. The van der Waals surface area contributed by atoms with Crippen molar-refractivity contribution in [2.24, 2.45) is 0 Å². The van der Waals surface area contributed by atoms with Gasteiger partial charge in [0.15, 0.2) is 0 Å². The van der Waals surface area contributed by atoms with Crippen molar-refractivity contribution in [3.05, 3.63) is 70.3 Å². The van der Waals surface area contributed by atoms with Crippen molar-refractivity contribution in [3.8, 4) is 0 Å². The maximum absolute atomic E-state index is 13.8. The van der Waals surface area contributed by atoms with Gasteiger partial charge in [0.1, 0.15) is 11.6 Å². The zero-order chi connectivity index (χ0) is 14.0. The summed E-state index contributed by atoms with van der Waals surface area (Å²) in [6.45, 7) is 3.42. The van der Waals surface area contributed by atoms with Crippen LogP contribution in [0.1, 0.15) is 28.4 Å². The summed E-state index contributed by atoms with van der Waals surface area (Å²) in [7, 11) is 0. The molecule has 0 heterocycles. The van der Waals surface area contributed by atoms with Crippen molar-refractivity contribution in [2.75, 3.05) is 0 Å². The van der Waals surface area contributed by atoms with E-state index in [4.69, 9.17) is 0 Å². The molecule has 0 fully saturated rings. The molecule has 2 aromatic rings. The molecule has 0 saturated heterocycles. The molecular weight excluding hydrogens is 246 g/mol. The van der Waals surface area contributed by atoms with Gasteiger partial charge in [0.2, 0.25) is 0 Å². The highest BCUT2D eigenvalue weighted by Crippen LogP contribution is 2.24. The first-order chi connectivity index (χ1) is 8.99. The fourth-order valence-electron chi connectivity index (χ4n) is 2.07. The smallest absolute Gasteiger partial charge is 0.129 e. The second kappa shape index (κ2) is 5.49. The lowest BCUT2D eigenvalue weighted by Crippen LogP contribution is -2.06. The summed E-state index contributed by atoms with van der Waals surface area (Å²) in [5.41, 5.74) is 2.20. The molecule has 1 unspecified atom stereocenters. The molecule has 0 bridgehead atoms. The number of aliphatic hydroxyl groups excluding tert-OH is 1. The van der Waals surface area contributed by atoms with Crippen LogP contribution < -0.4 is 0 Å². The lowest BCUT2D eigenvalue weighted by Gasteiger charge is -2.14. The normalized spacial score (nSPS) is 12.5. The quantitative estimate of drug-likeness (QED) is 0.890. The summed E-state index contributed by atoms with van der Waals surface area (Å²) in [5.74, 6) is -1.07. The Hall–Kier alpha value is -1.74. The maximum atomic E-state index is 13.8. The molecule has 19 heavy (non-hydrogen) atoms. The molecule has 2 rings (SSSR count). The molecule has 1 nitrogen and oxygen atoms in total. The molecule has 100 valence electrons. The Morgan fingerprint density at radius 2 is 1.68 bits per heavy atom. The van der Waals surface area contributed by atoms with Crippen molar-refractivity contribution in [2.45, 2.75) is 26.4 Å². The first-order valence-electron chi connectivity index (χ1n) is 6.17. The minimum absolute atomic E-state index is 0.00588. The number of halogens is 2. The van der Waals surface area contributed by atoms with Gasteiger partial charge >= 0.3 is 0 Å². The standard InChI is InChI=1S/C16H16F2O/c1-10-5-3-4-6-12(10)8-16(19)13-9-14(17)11(2)7-15(13)18/h3-7,9,16,19H,8H2,1-2H3. The predicted molar refractivity (Wildman–Crippen MR) is 70.9 cm³/mol. The Morgan fingerprint density at radius 1 is 1.00 bits per heavy atom. The lowest BCUT2D eigenvalue weighted by molar-refractivity contribution is 0.173. The number of rotatable bonds is 3. The van der Waals surface area contributed by atoms with Crippen LogP contribution in [0.3, 0.4) is 0 Å². The molecule has 0 aliphatic rings. The zero-order valence-corrected chi connectivity index (χ0v) is 11.0. The van der Waals surface area contributed by atoms with Crippen LogP contribution in [0.5, 0.6) is 0 Å². The third-order valence-electron chi connectivity index (χ3n) is 3.31. The van der Waals surface area contributed by atoms with E-state index < -0.39 is 17.7 Å². The number of aryl methyl sites for hydroxylation is 2. The molecule has 0 spiro atoms. The summed E-state index contributed by atoms with van der Waals surface area (Å²) < 4.78 is 27.2. The van der Waals surface area contributed by atoms with Gasteiger partial charge in [0.05, 0.1) is 6.10 Å². The Labute approximate surface area is 111 Å². The summed E-state index contributed by atoms with van der Waals surface area (Å²) >= 11 is 0. The molecular formula is C16H16F2O. The Kier molecular flexibility index (Phi) is 3.96. The van der Waals surface area contributed by atoms with E-state index in [0.717, 1.165) is 23.3 Å². The van der Waals surface area contributed by atoms with Crippen LogP contribution >= 0.6 is 0 Å². The Morgan fingerprint density at radius 3 is 2.37 bits per heavy atom. The fourth-order valence-corrected chi connectivity index (χ4v) is 2.07. The van der Waals surface area contributed by atoms with E-state index in [2.05, 4.69) is 0 Å². The highest BCUT2D eigenvalue weighted by molar-refractivity contribution is 5.31. The van der Waals surface area contributed by atoms with E-state index >= 15 is 0 Å². The van der Waals surface area contributed by atoms with Gasteiger partial charge < -0.3 is 5.11 Å². The van der Waals surface area contributed by atoms with Gasteiger partial charge in [0, 0.05) is 12.0 Å². The van der Waals surface area contributed by atoms with Crippen LogP contribution in [-0.4, -0.2) is 5.11 Å². The first kappa shape index (κ1) is 13.7. The van der Waals surface area contributed by atoms with Gasteiger partial charge in [-0.1, -0.05) is 24.3 Å². The molecule has 0 aliphatic carbocycles. The van der Waals surface area contributed by atoms with Crippen LogP contribution in [0, 0.1) is 25.5 Å².